The van der Waals surface area contributed by atoms with Gasteiger partial charge in [0, 0.05) is 6.04 Å². The van der Waals surface area contributed by atoms with Crippen LogP contribution in [0.3, 0.4) is 0 Å². The predicted molar refractivity (Wildman–Crippen MR) is 94.8 cm³/mol. The molecule has 8 nitrogen and oxygen atoms in total. The van der Waals surface area contributed by atoms with E-state index in [0.29, 0.717) is 12.8 Å². The molecule has 0 unspecified atom stereocenters. The quantitative estimate of drug-likeness (QED) is 0.653. The molecule has 1 fully saturated rings. The van der Waals surface area contributed by atoms with Gasteiger partial charge in [0.2, 0.25) is 0 Å². The minimum absolute atomic E-state index is 0.106. The van der Waals surface area contributed by atoms with E-state index < -0.39 is 24.9 Å². The van der Waals surface area contributed by atoms with Crippen LogP contribution in [0.4, 0.5) is 9.59 Å². The van der Waals surface area contributed by atoms with Crippen LogP contribution in [-0.4, -0.2) is 42.6 Å². The monoisotopic (exact) mass is 378 g/mol. The van der Waals surface area contributed by atoms with Gasteiger partial charge in [-0.2, -0.15) is 0 Å². The van der Waals surface area contributed by atoms with E-state index in [-0.39, 0.29) is 25.3 Å². The fourth-order valence-electron chi connectivity index (χ4n) is 2.67. The molecule has 0 heterocycles. The third-order valence-electron chi connectivity index (χ3n) is 3.62. The fraction of sp³-hybridized carbons (Fsp3) is 0.875. The SMILES string of the molecule is CCOP(=O)(OCC)C(=O)N[C@@H]1CCCC[C@@H]1NC(=O)OC(C)(C)C. The van der Waals surface area contributed by atoms with Crippen molar-refractivity contribution in [3.05, 3.63) is 0 Å². The zero-order valence-corrected chi connectivity index (χ0v) is 16.7. The van der Waals surface area contributed by atoms with Crippen molar-refractivity contribution in [3.63, 3.8) is 0 Å². The van der Waals surface area contributed by atoms with E-state index in [9.17, 15) is 14.2 Å². The molecule has 0 saturated heterocycles. The lowest BCUT2D eigenvalue weighted by Crippen LogP contribution is -2.53. The molecule has 146 valence electrons. The van der Waals surface area contributed by atoms with Crippen molar-refractivity contribution < 1.29 is 27.9 Å². The maximum atomic E-state index is 12.5. The van der Waals surface area contributed by atoms with E-state index in [1.807, 2.05) is 0 Å². The van der Waals surface area contributed by atoms with Crippen LogP contribution in [0.25, 0.3) is 0 Å². The Morgan fingerprint density at radius 3 is 1.92 bits per heavy atom. The number of hydrogen-bond donors (Lipinski definition) is 2. The first-order valence-electron chi connectivity index (χ1n) is 8.81. The molecular formula is C16H31N2O6P. The first kappa shape index (κ1) is 21.9. The highest BCUT2D eigenvalue weighted by molar-refractivity contribution is 7.71. The minimum Gasteiger partial charge on any atom is -0.444 e. The summed E-state index contributed by atoms with van der Waals surface area (Å²) in [5.41, 5.74) is -1.36. The molecule has 1 saturated carbocycles. The highest BCUT2D eigenvalue weighted by Crippen LogP contribution is 2.48. The average Bonchev–Trinajstić information content (AvgIpc) is 2.47. The zero-order chi connectivity index (χ0) is 19.1. The maximum Gasteiger partial charge on any atom is 0.418 e. The lowest BCUT2D eigenvalue weighted by molar-refractivity contribution is 0.0481. The number of amides is 2. The fourth-order valence-corrected chi connectivity index (χ4v) is 3.98. The molecule has 2 amide bonds. The highest BCUT2D eigenvalue weighted by Gasteiger charge is 2.38. The molecule has 1 aliphatic rings. The summed E-state index contributed by atoms with van der Waals surface area (Å²) in [4.78, 5) is 24.4. The molecule has 2 N–H and O–H groups in total. The molecule has 0 radical (unpaired) electrons. The third-order valence-corrected chi connectivity index (χ3v) is 5.45. The Bertz CT molecular complexity index is 495. The summed E-state index contributed by atoms with van der Waals surface area (Å²) in [6.45, 7) is 8.86. The molecule has 0 aliphatic heterocycles. The topological polar surface area (TPSA) is 103 Å². The van der Waals surface area contributed by atoms with Crippen LogP contribution in [0, 0.1) is 0 Å². The second kappa shape index (κ2) is 9.55. The van der Waals surface area contributed by atoms with Gasteiger partial charge in [-0.05, 0) is 47.5 Å². The van der Waals surface area contributed by atoms with E-state index in [2.05, 4.69) is 10.6 Å². The Labute approximate surface area is 149 Å². The van der Waals surface area contributed by atoms with Crippen molar-refractivity contribution in [2.45, 2.75) is 78.0 Å². The number of nitrogens with one attached hydrogen (secondary N) is 2. The van der Waals surface area contributed by atoms with Gasteiger partial charge in [0.15, 0.2) is 0 Å². The van der Waals surface area contributed by atoms with Crippen LogP contribution < -0.4 is 10.6 Å². The Kier molecular flexibility index (Phi) is 8.38. The van der Waals surface area contributed by atoms with Crippen molar-refractivity contribution >= 4 is 19.3 Å². The minimum atomic E-state index is -3.87. The summed E-state index contributed by atoms with van der Waals surface area (Å²) in [5.74, 6) is 0. The van der Waals surface area contributed by atoms with Crippen molar-refractivity contribution in [1.29, 1.82) is 0 Å². The van der Waals surface area contributed by atoms with Crippen LogP contribution in [0.2, 0.25) is 0 Å². The Morgan fingerprint density at radius 1 is 1.00 bits per heavy atom. The van der Waals surface area contributed by atoms with E-state index in [4.69, 9.17) is 13.8 Å². The molecular weight excluding hydrogens is 347 g/mol. The summed E-state index contributed by atoms with van der Waals surface area (Å²) in [5, 5.41) is 5.52. The standard InChI is InChI=1S/C16H31N2O6P/c1-6-22-25(21,23-7-2)15(20)18-13-11-9-8-10-12(13)17-14(19)24-16(3,4)5/h12-13H,6-11H2,1-5H3,(H,17,19)(H,18,20)/t12-,13+/m0/s1. The molecule has 0 bridgehead atoms. The third kappa shape index (κ3) is 7.34. The molecule has 2 atom stereocenters. The summed E-state index contributed by atoms with van der Waals surface area (Å²) >= 11 is 0. The number of alkyl carbamates (subject to hydrolysis) is 1. The average molecular weight is 378 g/mol. The number of ether oxygens (including phenoxy) is 1. The molecule has 0 aromatic rings. The lowest BCUT2D eigenvalue weighted by Gasteiger charge is -2.33. The summed E-state index contributed by atoms with van der Waals surface area (Å²) in [6.07, 6.45) is 2.69. The van der Waals surface area contributed by atoms with E-state index >= 15 is 0 Å². The Balaban J connectivity index is 2.74. The van der Waals surface area contributed by atoms with Crippen molar-refractivity contribution in [3.8, 4) is 0 Å². The van der Waals surface area contributed by atoms with Crippen LogP contribution >= 0.6 is 7.60 Å². The molecule has 1 rings (SSSR count). The van der Waals surface area contributed by atoms with Crippen molar-refractivity contribution in [2.75, 3.05) is 13.2 Å². The van der Waals surface area contributed by atoms with Gasteiger partial charge in [-0.25, -0.2) is 9.36 Å². The molecule has 9 heteroatoms. The maximum absolute atomic E-state index is 12.5. The van der Waals surface area contributed by atoms with Crippen LogP contribution in [0.15, 0.2) is 0 Å². The van der Waals surface area contributed by atoms with E-state index in [0.717, 1.165) is 12.8 Å². The molecule has 1 aliphatic carbocycles. The van der Waals surface area contributed by atoms with Crippen molar-refractivity contribution in [1.82, 2.24) is 10.6 Å². The van der Waals surface area contributed by atoms with Gasteiger partial charge >= 0.3 is 19.3 Å². The first-order chi connectivity index (χ1) is 11.6. The van der Waals surface area contributed by atoms with Crippen LogP contribution in [0.5, 0.6) is 0 Å². The summed E-state index contributed by atoms with van der Waals surface area (Å²) in [6, 6.07) is -0.632. The zero-order valence-electron chi connectivity index (χ0n) is 15.8. The molecule has 25 heavy (non-hydrogen) atoms. The van der Waals surface area contributed by atoms with Gasteiger partial charge in [-0.3, -0.25) is 4.79 Å². The largest absolute Gasteiger partial charge is 0.444 e. The van der Waals surface area contributed by atoms with Gasteiger partial charge in [-0.1, -0.05) is 12.8 Å². The Hall–Kier alpha value is -1.11. The number of hydrogen-bond acceptors (Lipinski definition) is 6. The normalized spacial score (nSPS) is 21.5. The van der Waals surface area contributed by atoms with Gasteiger partial charge in [0.05, 0.1) is 19.3 Å². The smallest absolute Gasteiger partial charge is 0.418 e. The van der Waals surface area contributed by atoms with Crippen LogP contribution in [-0.2, 0) is 18.3 Å². The Morgan fingerprint density at radius 2 is 1.48 bits per heavy atom. The van der Waals surface area contributed by atoms with E-state index in [1.165, 1.54) is 0 Å². The second-order valence-corrected chi connectivity index (χ2v) is 8.84. The lowest BCUT2D eigenvalue weighted by atomic mass is 9.90. The molecule has 0 aromatic heterocycles. The number of carbonyl (C=O) groups excluding carboxylic acids is 2. The van der Waals surface area contributed by atoms with Crippen molar-refractivity contribution in [2.24, 2.45) is 0 Å². The highest BCUT2D eigenvalue weighted by atomic mass is 31.2. The first-order valence-corrected chi connectivity index (χ1v) is 10.3. The van der Waals surface area contributed by atoms with Gasteiger partial charge in [0.25, 0.3) is 0 Å². The molecule has 0 spiro atoms. The number of rotatable bonds is 7. The summed E-state index contributed by atoms with van der Waals surface area (Å²) < 4.78 is 27.9. The van der Waals surface area contributed by atoms with Gasteiger partial charge < -0.3 is 24.4 Å². The number of carbonyl (C=O) groups is 2. The predicted octanol–water partition coefficient (Wildman–Crippen LogP) is 3.80. The van der Waals surface area contributed by atoms with E-state index in [1.54, 1.807) is 34.6 Å². The summed E-state index contributed by atoms with van der Waals surface area (Å²) in [7, 11) is -3.87. The van der Waals surface area contributed by atoms with Gasteiger partial charge in [-0.15, -0.1) is 0 Å². The second-order valence-electron chi connectivity index (χ2n) is 6.93. The van der Waals surface area contributed by atoms with Crippen LogP contribution in [0.1, 0.15) is 60.3 Å². The molecule has 0 aromatic carbocycles. The van der Waals surface area contributed by atoms with Gasteiger partial charge in [0.1, 0.15) is 5.60 Å².